The Morgan fingerprint density at radius 3 is 2.67 bits per heavy atom. The SMILES string of the molecule is CCc1c(C)sc2c1CCN(Cc1ccc(F)cc1Cl)[C@H]2c1ccccc1. The summed E-state index contributed by atoms with van der Waals surface area (Å²) in [4.78, 5) is 5.37. The van der Waals surface area contributed by atoms with Gasteiger partial charge in [0.15, 0.2) is 0 Å². The Kier molecular flexibility index (Phi) is 5.36. The summed E-state index contributed by atoms with van der Waals surface area (Å²) in [5, 5.41) is 0.504. The molecular formula is C23H23ClFNS. The highest BCUT2D eigenvalue weighted by atomic mass is 35.5. The van der Waals surface area contributed by atoms with E-state index in [9.17, 15) is 4.39 Å². The minimum Gasteiger partial charge on any atom is -0.287 e. The number of hydrogen-bond acceptors (Lipinski definition) is 2. The number of hydrogen-bond donors (Lipinski definition) is 0. The molecule has 0 amide bonds. The molecule has 0 saturated carbocycles. The average molecular weight is 400 g/mol. The molecule has 0 spiro atoms. The first-order chi connectivity index (χ1) is 13.1. The third-order valence-corrected chi connectivity index (χ3v) is 7.06. The van der Waals surface area contributed by atoms with Gasteiger partial charge in [0.05, 0.1) is 6.04 Å². The van der Waals surface area contributed by atoms with Gasteiger partial charge in [-0.2, -0.15) is 0 Å². The fraction of sp³-hybridized carbons (Fsp3) is 0.304. The Balaban J connectivity index is 1.76. The molecule has 1 aromatic heterocycles. The van der Waals surface area contributed by atoms with Gasteiger partial charge >= 0.3 is 0 Å². The predicted octanol–water partition coefficient (Wildman–Crippen LogP) is 6.56. The fourth-order valence-electron chi connectivity index (χ4n) is 4.19. The van der Waals surface area contributed by atoms with Crippen molar-refractivity contribution in [3.8, 4) is 0 Å². The predicted molar refractivity (Wildman–Crippen MR) is 112 cm³/mol. The highest BCUT2D eigenvalue weighted by molar-refractivity contribution is 7.12. The summed E-state index contributed by atoms with van der Waals surface area (Å²) in [6, 6.07) is 15.6. The molecule has 27 heavy (non-hydrogen) atoms. The lowest BCUT2D eigenvalue weighted by atomic mass is 9.91. The Morgan fingerprint density at radius 1 is 1.19 bits per heavy atom. The lowest BCUT2D eigenvalue weighted by molar-refractivity contribution is 0.207. The Morgan fingerprint density at radius 2 is 1.96 bits per heavy atom. The number of nitrogens with zero attached hydrogens (tertiary/aromatic N) is 1. The summed E-state index contributed by atoms with van der Waals surface area (Å²) in [7, 11) is 0. The molecule has 0 bridgehead atoms. The van der Waals surface area contributed by atoms with E-state index in [2.05, 4.69) is 49.1 Å². The average Bonchev–Trinajstić information content (AvgIpc) is 2.99. The van der Waals surface area contributed by atoms with Gasteiger partial charge in [0.25, 0.3) is 0 Å². The van der Waals surface area contributed by atoms with Crippen molar-refractivity contribution in [1.29, 1.82) is 0 Å². The molecule has 4 heteroatoms. The minimum atomic E-state index is -0.286. The van der Waals surface area contributed by atoms with Gasteiger partial charge in [-0.05, 0) is 54.2 Å². The molecule has 1 atom stereocenters. The zero-order valence-corrected chi connectivity index (χ0v) is 17.2. The molecule has 140 valence electrons. The molecule has 0 N–H and O–H groups in total. The molecular weight excluding hydrogens is 377 g/mol. The van der Waals surface area contributed by atoms with Crippen molar-refractivity contribution >= 4 is 22.9 Å². The maximum absolute atomic E-state index is 13.5. The zero-order valence-electron chi connectivity index (χ0n) is 15.6. The first-order valence-electron chi connectivity index (χ1n) is 9.42. The van der Waals surface area contributed by atoms with E-state index < -0.39 is 0 Å². The molecule has 0 radical (unpaired) electrons. The molecule has 2 aromatic carbocycles. The smallest absolute Gasteiger partial charge is 0.124 e. The van der Waals surface area contributed by atoms with Gasteiger partial charge in [0.1, 0.15) is 5.82 Å². The summed E-state index contributed by atoms with van der Waals surface area (Å²) < 4.78 is 13.5. The largest absolute Gasteiger partial charge is 0.287 e. The van der Waals surface area contributed by atoms with Crippen LogP contribution in [0.2, 0.25) is 5.02 Å². The number of fused-ring (bicyclic) bond motifs is 1. The number of rotatable bonds is 4. The highest BCUT2D eigenvalue weighted by Gasteiger charge is 2.32. The number of aryl methyl sites for hydroxylation is 1. The maximum Gasteiger partial charge on any atom is 0.124 e. The van der Waals surface area contributed by atoms with Gasteiger partial charge in [0, 0.05) is 27.9 Å². The van der Waals surface area contributed by atoms with Crippen molar-refractivity contribution in [2.75, 3.05) is 6.54 Å². The van der Waals surface area contributed by atoms with Crippen LogP contribution >= 0.6 is 22.9 Å². The Bertz CT molecular complexity index is 951. The normalized spacial score (nSPS) is 17.1. The van der Waals surface area contributed by atoms with Gasteiger partial charge in [-0.1, -0.05) is 54.9 Å². The number of thiophene rings is 1. The van der Waals surface area contributed by atoms with E-state index in [1.165, 1.54) is 38.6 Å². The van der Waals surface area contributed by atoms with Crippen LogP contribution in [0.15, 0.2) is 48.5 Å². The van der Waals surface area contributed by atoms with E-state index in [1.807, 2.05) is 17.4 Å². The molecule has 3 aromatic rings. The van der Waals surface area contributed by atoms with Crippen molar-refractivity contribution in [2.45, 2.75) is 39.3 Å². The lowest BCUT2D eigenvalue weighted by Crippen LogP contribution is -2.35. The van der Waals surface area contributed by atoms with Crippen LogP contribution in [0, 0.1) is 12.7 Å². The molecule has 4 rings (SSSR count). The van der Waals surface area contributed by atoms with Crippen LogP contribution < -0.4 is 0 Å². The molecule has 0 unspecified atom stereocenters. The highest BCUT2D eigenvalue weighted by Crippen LogP contribution is 2.43. The van der Waals surface area contributed by atoms with Crippen molar-refractivity contribution in [1.82, 2.24) is 4.90 Å². The second-order valence-electron chi connectivity index (χ2n) is 7.10. The summed E-state index contributed by atoms with van der Waals surface area (Å²) in [5.41, 5.74) is 5.35. The van der Waals surface area contributed by atoms with E-state index in [0.717, 1.165) is 31.5 Å². The molecule has 0 fully saturated rings. The van der Waals surface area contributed by atoms with Crippen LogP contribution in [0.5, 0.6) is 0 Å². The van der Waals surface area contributed by atoms with Crippen LogP contribution in [0.4, 0.5) is 4.39 Å². The van der Waals surface area contributed by atoms with Crippen molar-refractivity contribution in [3.05, 3.63) is 91.4 Å². The Hall–Kier alpha value is -1.68. The Labute approximate surface area is 169 Å². The monoisotopic (exact) mass is 399 g/mol. The van der Waals surface area contributed by atoms with Crippen molar-refractivity contribution in [2.24, 2.45) is 0 Å². The van der Waals surface area contributed by atoms with E-state index >= 15 is 0 Å². The summed E-state index contributed by atoms with van der Waals surface area (Å²) >= 11 is 8.26. The van der Waals surface area contributed by atoms with Gasteiger partial charge < -0.3 is 0 Å². The first kappa shape index (κ1) is 18.7. The van der Waals surface area contributed by atoms with E-state index in [-0.39, 0.29) is 11.9 Å². The molecule has 0 saturated heterocycles. The first-order valence-corrected chi connectivity index (χ1v) is 10.6. The van der Waals surface area contributed by atoms with E-state index in [1.54, 1.807) is 0 Å². The molecule has 0 aliphatic carbocycles. The van der Waals surface area contributed by atoms with Gasteiger partial charge in [-0.3, -0.25) is 4.90 Å². The third kappa shape index (κ3) is 3.56. The number of benzene rings is 2. The van der Waals surface area contributed by atoms with E-state index in [4.69, 9.17) is 11.6 Å². The van der Waals surface area contributed by atoms with E-state index in [0.29, 0.717) is 5.02 Å². The van der Waals surface area contributed by atoms with Crippen LogP contribution in [0.1, 0.15) is 45.0 Å². The summed E-state index contributed by atoms with van der Waals surface area (Å²) in [6.45, 7) is 6.18. The molecule has 2 heterocycles. The van der Waals surface area contributed by atoms with Gasteiger partial charge in [-0.25, -0.2) is 4.39 Å². The number of halogens is 2. The second-order valence-corrected chi connectivity index (χ2v) is 8.77. The fourth-order valence-corrected chi connectivity index (χ4v) is 5.89. The molecule has 1 aliphatic rings. The van der Waals surface area contributed by atoms with Crippen molar-refractivity contribution < 1.29 is 4.39 Å². The summed E-state index contributed by atoms with van der Waals surface area (Å²) in [6.07, 6.45) is 2.15. The standard InChI is InChI=1S/C23H23ClFNS/c1-3-19-15(2)27-23-20(19)11-12-26(22(23)16-7-5-4-6-8-16)14-17-9-10-18(25)13-21(17)24/h4-10,13,22H,3,11-12,14H2,1-2H3/t22-/m0/s1. The van der Waals surface area contributed by atoms with Gasteiger partial charge in [-0.15, -0.1) is 11.3 Å². The topological polar surface area (TPSA) is 3.24 Å². The lowest BCUT2D eigenvalue weighted by Gasteiger charge is -2.36. The third-order valence-electron chi connectivity index (χ3n) is 5.47. The second kappa shape index (κ2) is 7.75. The van der Waals surface area contributed by atoms with Gasteiger partial charge in [0.2, 0.25) is 0 Å². The van der Waals surface area contributed by atoms with Crippen LogP contribution in [-0.4, -0.2) is 11.4 Å². The summed E-state index contributed by atoms with van der Waals surface area (Å²) in [5.74, 6) is -0.286. The van der Waals surface area contributed by atoms with Crippen molar-refractivity contribution in [3.63, 3.8) is 0 Å². The van der Waals surface area contributed by atoms with Crippen LogP contribution in [0.25, 0.3) is 0 Å². The zero-order chi connectivity index (χ0) is 19.0. The quantitative estimate of drug-likeness (QED) is 0.480. The van der Waals surface area contributed by atoms with Crippen LogP contribution in [-0.2, 0) is 19.4 Å². The molecule has 1 aliphatic heterocycles. The molecule has 1 nitrogen and oxygen atoms in total. The van der Waals surface area contributed by atoms with Crippen LogP contribution in [0.3, 0.4) is 0 Å². The minimum absolute atomic E-state index is 0.222. The maximum atomic E-state index is 13.5.